The molecule has 0 bridgehead atoms. The zero-order valence-electron chi connectivity index (χ0n) is 5.45. The third kappa shape index (κ3) is 10.8. The fourth-order valence-electron chi connectivity index (χ4n) is 0.342. The predicted octanol–water partition coefficient (Wildman–Crippen LogP) is -1.19. The predicted molar refractivity (Wildman–Crippen MR) is 39.7 cm³/mol. The van der Waals surface area contributed by atoms with Crippen molar-refractivity contribution in [3.8, 4) is 0 Å². The number of hydrogen-bond acceptors (Lipinski definition) is 4. The summed E-state index contributed by atoms with van der Waals surface area (Å²) in [5.74, 6) is -2.61. The molecule has 0 amide bonds. The molecule has 0 radical (unpaired) electrons. The first-order valence-electron chi connectivity index (χ1n) is 2.55. The van der Waals surface area contributed by atoms with Crippen LogP contribution in [0.15, 0.2) is 12.7 Å². The zero-order valence-corrected chi connectivity index (χ0v) is 6.27. The molecular weight excluding hydrogens is 158 g/mol. The molecule has 10 heavy (non-hydrogen) atoms. The molecule has 0 aromatic rings. The minimum atomic E-state index is -2.61. The Balaban J connectivity index is 0. The van der Waals surface area contributed by atoms with Gasteiger partial charge >= 0.3 is 0 Å². The van der Waals surface area contributed by atoms with Gasteiger partial charge in [0.1, 0.15) is 0 Å². The average molecular weight is 170 g/mol. The van der Waals surface area contributed by atoms with Crippen molar-refractivity contribution in [3.05, 3.63) is 12.7 Å². The van der Waals surface area contributed by atoms with Gasteiger partial charge in [0.15, 0.2) is 0 Å². The van der Waals surface area contributed by atoms with Gasteiger partial charge in [-0.05, 0) is 0 Å². The van der Waals surface area contributed by atoms with Gasteiger partial charge < -0.3 is 20.6 Å². The molecule has 4 N–H and O–H groups in total. The maximum Gasteiger partial charge on any atom is 0.288 e. The Labute approximate surface area is 65.6 Å². The van der Waals surface area contributed by atoms with E-state index in [9.17, 15) is 0 Å². The highest BCUT2D eigenvalue weighted by Crippen LogP contribution is 1.86. The monoisotopic (exact) mass is 169 g/mol. The van der Waals surface area contributed by atoms with E-state index in [0.29, 0.717) is 6.54 Å². The van der Waals surface area contributed by atoms with Gasteiger partial charge in [-0.15, -0.1) is 19.0 Å². The van der Waals surface area contributed by atoms with Crippen LogP contribution in [0.25, 0.3) is 0 Å². The van der Waals surface area contributed by atoms with Crippen molar-refractivity contribution in [1.29, 1.82) is 0 Å². The quantitative estimate of drug-likeness (QED) is 0.243. The van der Waals surface area contributed by atoms with E-state index in [0.717, 1.165) is 0 Å². The molecule has 0 unspecified atom stereocenters. The second-order valence-electron chi connectivity index (χ2n) is 1.69. The number of hydrogen-bond donors (Lipinski definition) is 4. The van der Waals surface area contributed by atoms with Gasteiger partial charge in [0.2, 0.25) is 0 Å². The molecule has 4 nitrogen and oxygen atoms in total. The smallest absolute Gasteiger partial charge is 0.288 e. The van der Waals surface area contributed by atoms with E-state index in [1.807, 2.05) is 0 Å². The van der Waals surface area contributed by atoms with Gasteiger partial charge in [0, 0.05) is 6.54 Å². The summed E-state index contributed by atoms with van der Waals surface area (Å²) in [6, 6.07) is 0. The second kappa shape index (κ2) is 5.64. The molecule has 5 heteroatoms. The molecule has 0 spiro atoms. The minimum Gasteiger partial charge on any atom is -0.343 e. The summed E-state index contributed by atoms with van der Waals surface area (Å²) in [4.78, 5) is 0. The van der Waals surface area contributed by atoms with Gasteiger partial charge in [0.25, 0.3) is 5.97 Å². The van der Waals surface area contributed by atoms with E-state index in [4.69, 9.17) is 15.3 Å². The number of rotatable bonds is 4. The molecular formula is C5H12ClNO3. The third-order valence-electron chi connectivity index (χ3n) is 0.651. The van der Waals surface area contributed by atoms with Gasteiger partial charge in [-0.2, -0.15) is 0 Å². The lowest BCUT2D eigenvalue weighted by Gasteiger charge is -2.13. The maximum atomic E-state index is 8.26. The minimum absolute atomic E-state index is 0. The standard InChI is InChI=1S/C5H11NO3.ClH/c1-2-3-6-4-5(7,8)9;/h2,6-9H,1,3-4H2;1H. The number of nitrogens with one attached hydrogen (secondary N) is 1. The van der Waals surface area contributed by atoms with E-state index >= 15 is 0 Å². The van der Waals surface area contributed by atoms with Crippen LogP contribution in [-0.4, -0.2) is 34.4 Å². The molecule has 0 rings (SSSR count). The van der Waals surface area contributed by atoms with Gasteiger partial charge in [-0.1, -0.05) is 6.08 Å². The fraction of sp³-hybridized carbons (Fsp3) is 0.600. The van der Waals surface area contributed by atoms with Gasteiger partial charge in [0.05, 0.1) is 6.54 Å². The summed E-state index contributed by atoms with van der Waals surface area (Å²) in [6.07, 6.45) is 1.55. The van der Waals surface area contributed by atoms with Crippen molar-refractivity contribution in [2.45, 2.75) is 5.97 Å². The van der Waals surface area contributed by atoms with Crippen LogP contribution in [-0.2, 0) is 0 Å². The summed E-state index contributed by atoms with van der Waals surface area (Å²) >= 11 is 0. The zero-order chi connectivity index (χ0) is 7.33. The first-order chi connectivity index (χ1) is 4.06. The Morgan fingerprint density at radius 2 is 1.90 bits per heavy atom. The first kappa shape index (κ1) is 12.5. The van der Waals surface area contributed by atoms with Crippen LogP contribution >= 0.6 is 12.4 Å². The van der Waals surface area contributed by atoms with Crippen LogP contribution in [0.5, 0.6) is 0 Å². The molecule has 0 heterocycles. The summed E-state index contributed by atoms with van der Waals surface area (Å²) < 4.78 is 0. The Bertz CT molecular complexity index is 91.4. The van der Waals surface area contributed by atoms with Crippen LogP contribution in [0.4, 0.5) is 0 Å². The summed E-state index contributed by atoms with van der Waals surface area (Å²) in [7, 11) is 0. The van der Waals surface area contributed by atoms with Crippen LogP contribution in [0.3, 0.4) is 0 Å². The third-order valence-corrected chi connectivity index (χ3v) is 0.651. The fourth-order valence-corrected chi connectivity index (χ4v) is 0.342. The van der Waals surface area contributed by atoms with Crippen molar-refractivity contribution in [1.82, 2.24) is 5.32 Å². The molecule has 0 aliphatic carbocycles. The summed E-state index contributed by atoms with van der Waals surface area (Å²) in [5.41, 5.74) is 0. The van der Waals surface area contributed by atoms with Crippen LogP contribution in [0.2, 0.25) is 0 Å². The van der Waals surface area contributed by atoms with Crippen molar-refractivity contribution < 1.29 is 15.3 Å². The highest BCUT2D eigenvalue weighted by atomic mass is 35.5. The van der Waals surface area contributed by atoms with Crippen molar-refractivity contribution in [2.24, 2.45) is 0 Å². The van der Waals surface area contributed by atoms with Crippen molar-refractivity contribution in [3.63, 3.8) is 0 Å². The Morgan fingerprint density at radius 3 is 2.20 bits per heavy atom. The molecule has 0 aromatic carbocycles. The highest BCUT2D eigenvalue weighted by molar-refractivity contribution is 5.85. The maximum absolute atomic E-state index is 8.26. The normalized spacial score (nSPS) is 10.3. The Kier molecular flexibility index (Phi) is 7.07. The molecule has 0 saturated heterocycles. The van der Waals surface area contributed by atoms with E-state index in [2.05, 4.69) is 11.9 Å². The first-order valence-corrected chi connectivity index (χ1v) is 2.55. The molecule has 62 valence electrons. The van der Waals surface area contributed by atoms with Gasteiger partial charge in [-0.3, -0.25) is 0 Å². The number of aliphatic hydroxyl groups is 3. The molecule has 0 atom stereocenters. The molecule has 0 fully saturated rings. The Hall–Kier alpha value is -0.130. The molecule has 0 saturated carbocycles. The lowest BCUT2D eigenvalue weighted by molar-refractivity contribution is -0.306. The van der Waals surface area contributed by atoms with Crippen LogP contribution in [0, 0.1) is 0 Å². The van der Waals surface area contributed by atoms with Crippen molar-refractivity contribution in [2.75, 3.05) is 13.1 Å². The summed E-state index contributed by atoms with van der Waals surface area (Å²) in [5, 5.41) is 27.3. The van der Waals surface area contributed by atoms with Crippen molar-refractivity contribution >= 4 is 12.4 Å². The van der Waals surface area contributed by atoms with Gasteiger partial charge in [-0.25, -0.2) is 0 Å². The average Bonchev–Trinajstić information content (AvgIpc) is 1.63. The molecule has 0 aliphatic rings. The second-order valence-corrected chi connectivity index (χ2v) is 1.69. The topological polar surface area (TPSA) is 72.7 Å². The molecule has 0 aliphatic heterocycles. The Morgan fingerprint density at radius 1 is 1.40 bits per heavy atom. The van der Waals surface area contributed by atoms with Crippen LogP contribution < -0.4 is 5.32 Å². The van der Waals surface area contributed by atoms with E-state index in [-0.39, 0.29) is 19.0 Å². The highest BCUT2D eigenvalue weighted by Gasteiger charge is 2.15. The SMILES string of the molecule is C=CCNCC(O)(O)O.Cl. The number of halogens is 1. The largest absolute Gasteiger partial charge is 0.343 e. The lowest BCUT2D eigenvalue weighted by Crippen LogP contribution is -2.40. The van der Waals surface area contributed by atoms with E-state index in [1.165, 1.54) is 0 Å². The van der Waals surface area contributed by atoms with E-state index in [1.54, 1.807) is 6.08 Å². The van der Waals surface area contributed by atoms with Crippen LogP contribution in [0.1, 0.15) is 0 Å². The lowest BCUT2D eigenvalue weighted by atomic mass is 10.5. The van der Waals surface area contributed by atoms with E-state index < -0.39 is 5.97 Å². The molecule has 0 aromatic heterocycles. The summed E-state index contributed by atoms with van der Waals surface area (Å²) in [6.45, 7) is 3.53.